The van der Waals surface area contributed by atoms with Crippen molar-refractivity contribution in [2.45, 2.75) is 0 Å². The van der Waals surface area contributed by atoms with E-state index in [1.54, 1.807) is 6.07 Å². The van der Waals surface area contributed by atoms with Gasteiger partial charge >= 0.3 is 0 Å². The van der Waals surface area contributed by atoms with Crippen molar-refractivity contribution in [3.8, 4) is 0 Å². The van der Waals surface area contributed by atoms with Crippen LogP contribution in [0.15, 0.2) is 18.2 Å². The van der Waals surface area contributed by atoms with E-state index in [1.165, 1.54) is 12.1 Å². The highest BCUT2D eigenvalue weighted by Crippen LogP contribution is 2.35. The van der Waals surface area contributed by atoms with E-state index in [2.05, 4.69) is 0 Å². The Hall–Kier alpha value is -2.15. The van der Waals surface area contributed by atoms with Crippen LogP contribution in [0.3, 0.4) is 0 Å². The molecule has 0 spiro atoms. The fraction of sp³-hybridized carbons (Fsp3) is 0. The first-order valence-electron chi connectivity index (χ1n) is 4.27. The number of carbonyl (C=O) groups is 1. The smallest absolute Gasteiger partial charge is 0.270 e. The van der Waals surface area contributed by atoms with Crippen molar-refractivity contribution < 1.29 is 9.72 Å². The Labute approximate surface area is 93.6 Å². The minimum Gasteiger partial charge on any atom is -0.397 e. The fourth-order valence-corrected chi connectivity index (χ4v) is 2.36. The Balaban J connectivity index is 2.73. The molecule has 0 saturated carbocycles. The van der Waals surface area contributed by atoms with Gasteiger partial charge in [-0.2, -0.15) is 0 Å². The number of benzene rings is 1. The molecule has 2 rings (SSSR count). The first kappa shape index (κ1) is 10.4. The van der Waals surface area contributed by atoms with Gasteiger partial charge in [-0.3, -0.25) is 14.9 Å². The lowest BCUT2D eigenvalue weighted by molar-refractivity contribution is -0.384. The van der Waals surface area contributed by atoms with Crippen LogP contribution in [0.2, 0.25) is 0 Å². The molecular weight excluding hydrogens is 230 g/mol. The minimum atomic E-state index is -0.624. The summed E-state index contributed by atoms with van der Waals surface area (Å²) >= 11 is 1.13. The van der Waals surface area contributed by atoms with Crippen molar-refractivity contribution >= 4 is 38.7 Å². The van der Waals surface area contributed by atoms with Crippen LogP contribution in [0.25, 0.3) is 10.1 Å². The average Bonchev–Trinajstić information content (AvgIpc) is 2.56. The minimum absolute atomic E-state index is 0.0620. The number of anilines is 1. The van der Waals surface area contributed by atoms with Crippen LogP contribution in [0.5, 0.6) is 0 Å². The number of nitro benzene ring substituents is 1. The molecule has 16 heavy (non-hydrogen) atoms. The van der Waals surface area contributed by atoms with Gasteiger partial charge in [0.05, 0.1) is 10.6 Å². The zero-order valence-electron chi connectivity index (χ0n) is 7.97. The molecule has 0 aliphatic rings. The topological polar surface area (TPSA) is 112 Å². The van der Waals surface area contributed by atoms with Crippen molar-refractivity contribution in [1.82, 2.24) is 0 Å². The zero-order chi connectivity index (χ0) is 11.9. The number of rotatable bonds is 2. The van der Waals surface area contributed by atoms with E-state index in [9.17, 15) is 14.9 Å². The lowest BCUT2D eigenvalue weighted by atomic mass is 10.2. The van der Waals surface area contributed by atoms with Gasteiger partial charge in [0.25, 0.3) is 11.6 Å². The Morgan fingerprint density at radius 2 is 2.12 bits per heavy atom. The van der Waals surface area contributed by atoms with E-state index in [4.69, 9.17) is 11.5 Å². The van der Waals surface area contributed by atoms with Crippen LogP contribution in [-0.2, 0) is 0 Å². The third-order valence-corrected chi connectivity index (χ3v) is 3.35. The maximum Gasteiger partial charge on any atom is 0.270 e. The summed E-state index contributed by atoms with van der Waals surface area (Å²) in [5.74, 6) is -0.624. The van der Waals surface area contributed by atoms with Crippen LogP contribution in [0.4, 0.5) is 11.4 Å². The van der Waals surface area contributed by atoms with Gasteiger partial charge in [0, 0.05) is 22.2 Å². The molecule has 7 heteroatoms. The van der Waals surface area contributed by atoms with E-state index in [0.29, 0.717) is 10.1 Å². The number of nitrogen functional groups attached to an aromatic ring is 1. The van der Waals surface area contributed by atoms with Crippen molar-refractivity contribution in [3.63, 3.8) is 0 Å². The van der Waals surface area contributed by atoms with Crippen LogP contribution >= 0.6 is 11.3 Å². The third-order valence-electron chi connectivity index (χ3n) is 2.14. The molecule has 1 aromatic carbocycles. The number of nitrogens with zero attached hydrogens (tertiary/aromatic N) is 1. The molecule has 0 unspecified atom stereocenters. The van der Waals surface area contributed by atoms with E-state index in [1.807, 2.05) is 0 Å². The summed E-state index contributed by atoms with van der Waals surface area (Å²) < 4.78 is 0.705. The Morgan fingerprint density at radius 3 is 2.69 bits per heavy atom. The summed E-state index contributed by atoms with van der Waals surface area (Å²) in [7, 11) is 0. The monoisotopic (exact) mass is 237 g/mol. The number of hydrogen-bond acceptors (Lipinski definition) is 5. The van der Waals surface area contributed by atoms with Gasteiger partial charge in [-0.15, -0.1) is 11.3 Å². The highest BCUT2D eigenvalue weighted by atomic mass is 32.1. The predicted molar refractivity (Wildman–Crippen MR) is 61.4 cm³/mol. The highest BCUT2D eigenvalue weighted by Gasteiger charge is 2.16. The second kappa shape index (κ2) is 3.46. The van der Waals surface area contributed by atoms with Crippen LogP contribution in [0.1, 0.15) is 9.67 Å². The number of fused-ring (bicyclic) bond motifs is 1. The molecule has 0 radical (unpaired) electrons. The summed E-state index contributed by atoms with van der Waals surface area (Å²) in [6.45, 7) is 0. The number of primary amides is 1. The number of nitrogens with two attached hydrogens (primary N) is 2. The first-order valence-corrected chi connectivity index (χ1v) is 5.08. The van der Waals surface area contributed by atoms with Gasteiger partial charge in [0.1, 0.15) is 4.88 Å². The van der Waals surface area contributed by atoms with Crippen molar-refractivity contribution in [3.05, 3.63) is 33.2 Å². The van der Waals surface area contributed by atoms with Crippen molar-refractivity contribution in [2.24, 2.45) is 5.73 Å². The number of amides is 1. The second-order valence-electron chi connectivity index (χ2n) is 3.15. The molecule has 0 fully saturated rings. The Bertz CT molecular complexity index is 605. The second-order valence-corrected chi connectivity index (χ2v) is 4.20. The normalized spacial score (nSPS) is 10.5. The maximum atomic E-state index is 11.0. The number of non-ortho nitro benzene ring substituents is 1. The van der Waals surface area contributed by atoms with Gasteiger partial charge < -0.3 is 11.5 Å². The molecule has 4 N–H and O–H groups in total. The lowest BCUT2D eigenvalue weighted by Gasteiger charge is -1.93. The van der Waals surface area contributed by atoms with Gasteiger partial charge in [-0.25, -0.2) is 0 Å². The largest absolute Gasteiger partial charge is 0.397 e. The number of nitro groups is 1. The lowest BCUT2D eigenvalue weighted by Crippen LogP contribution is -2.10. The number of thiophene rings is 1. The maximum absolute atomic E-state index is 11.0. The molecule has 0 aliphatic heterocycles. The molecule has 0 atom stereocenters. The van der Waals surface area contributed by atoms with Gasteiger partial charge in [-0.1, -0.05) is 0 Å². The molecule has 0 bridgehead atoms. The molecule has 2 aromatic rings. The molecule has 1 amide bonds. The standard InChI is InChI=1S/C9H7N3O3S/c10-7-5-3-4(12(14)15)1-2-6(5)16-8(7)9(11)13/h1-3H,10H2,(H2,11,13). The van der Waals surface area contributed by atoms with E-state index in [0.717, 1.165) is 11.3 Å². The quantitative estimate of drug-likeness (QED) is 0.608. The molecule has 0 aliphatic carbocycles. The van der Waals surface area contributed by atoms with Gasteiger partial charge in [0.15, 0.2) is 0 Å². The SMILES string of the molecule is NC(=O)c1sc2ccc([N+](=O)[O-])cc2c1N. The first-order chi connectivity index (χ1) is 7.50. The van der Waals surface area contributed by atoms with Crippen molar-refractivity contribution in [2.75, 3.05) is 5.73 Å². The number of hydrogen-bond donors (Lipinski definition) is 2. The van der Waals surface area contributed by atoms with Gasteiger partial charge in [0.2, 0.25) is 0 Å². The Kier molecular flexibility index (Phi) is 2.24. The van der Waals surface area contributed by atoms with Gasteiger partial charge in [-0.05, 0) is 6.07 Å². The van der Waals surface area contributed by atoms with E-state index in [-0.39, 0.29) is 16.3 Å². The molecule has 82 valence electrons. The Morgan fingerprint density at radius 1 is 1.44 bits per heavy atom. The molecular formula is C9H7N3O3S. The molecule has 1 aromatic heterocycles. The summed E-state index contributed by atoms with van der Waals surface area (Å²) in [6, 6.07) is 4.26. The summed E-state index contributed by atoms with van der Waals surface area (Å²) in [4.78, 5) is 21.3. The van der Waals surface area contributed by atoms with E-state index >= 15 is 0 Å². The molecule has 1 heterocycles. The summed E-state index contributed by atoms with van der Waals surface area (Å²) in [5.41, 5.74) is 11.0. The summed E-state index contributed by atoms with van der Waals surface area (Å²) in [5, 5.41) is 11.1. The average molecular weight is 237 g/mol. The van der Waals surface area contributed by atoms with Crippen LogP contribution in [0, 0.1) is 10.1 Å². The van der Waals surface area contributed by atoms with E-state index < -0.39 is 10.8 Å². The van der Waals surface area contributed by atoms with Crippen LogP contribution in [-0.4, -0.2) is 10.8 Å². The molecule has 6 nitrogen and oxygen atoms in total. The van der Waals surface area contributed by atoms with Crippen LogP contribution < -0.4 is 11.5 Å². The van der Waals surface area contributed by atoms with Crippen molar-refractivity contribution in [1.29, 1.82) is 0 Å². The molecule has 0 saturated heterocycles. The summed E-state index contributed by atoms with van der Waals surface area (Å²) in [6.07, 6.45) is 0. The predicted octanol–water partition coefficient (Wildman–Crippen LogP) is 1.49. The fourth-order valence-electron chi connectivity index (χ4n) is 1.40. The zero-order valence-corrected chi connectivity index (χ0v) is 8.78. The number of carbonyl (C=O) groups excluding carboxylic acids is 1. The third kappa shape index (κ3) is 1.47. The highest BCUT2D eigenvalue weighted by molar-refractivity contribution is 7.21.